The summed E-state index contributed by atoms with van der Waals surface area (Å²) in [7, 11) is 3.69. The van der Waals surface area contributed by atoms with Crippen molar-refractivity contribution in [3.8, 4) is 17.1 Å². The van der Waals surface area contributed by atoms with E-state index in [1.54, 1.807) is 22.5 Å². The molecule has 1 fully saturated rings. The van der Waals surface area contributed by atoms with Crippen LogP contribution in [-0.2, 0) is 20.1 Å². The predicted molar refractivity (Wildman–Crippen MR) is 113 cm³/mol. The number of quaternary nitrogens is 1. The summed E-state index contributed by atoms with van der Waals surface area (Å²) in [6.07, 6.45) is 3.86. The molecule has 7 heteroatoms. The molecule has 1 aromatic carbocycles. The quantitative estimate of drug-likeness (QED) is 0.653. The molecular weight excluding hydrogens is 388 g/mol. The van der Waals surface area contributed by atoms with Gasteiger partial charge in [0.15, 0.2) is 12.5 Å². The molecule has 28 heavy (non-hydrogen) atoms. The van der Waals surface area contributed by atoms with Gasteiger partial charge in [-0.1, -0.05) is 12.1 Å². The molecule has 1 aliphatic carbocycles. The number of rotatable bonds is 5. The molecular formula is C21H25N4OS2+. The van der Waals surface area contributed by atoms with Crippen molar-refractivity contribution in [1.82, 2.24) is 14.3 Å². The van der Waals surface area contributed by atoms with Crippen molar-refractivity contribution >= 4 is 23.6 Å². The average molecular weight is 414 g/mol. The second-order valence-corrected chi connectivity index (χ2v) is 9.16. The average Bonchev–Trinajstić information content (AvgIpc) is 3.38. The first-order valence-corrected chi connectivity index (χ1v) is 11.1. The lowest BCUT2D eigenvalue weighted by atomic mass is 9.96. The molecule has 5 nitrogen and oxygen atoms in total. The first kappa shape index (κ1) is 18.1. The van der Waals surface area contributed by atoms with Gasteiger partial charge in [0.2, 0.25) is 4.77 Å². The molecule has 3 aromatic rings. The van der Waals surface area contributed by atoms with E-state index in [4.69, 9.17) is 22.1 Å². The number of methoxy groups -OCH3 is 1. The molecule has 0 saturated heterocycles. The van der Waals surface area contributed by atoms with Crippen LogP contribution in [0.4, 0.5) is 0 Å². The molecule has 1 saturated carbocycles. The summed E-state index contributed by atoms with van der Waals surface area (Å²) in [5.41, 5.74) is 2.55. The van der Waals surface area contributed by atoms with E-state index in [0.717, 1.165) is 47.5 Å². The van der Waals surface area contributed by atoms with E-state index in [1.165, 1.54) is 12.8 Å². The summed E-state index contributed by atoms with van der Waals surface area (Å²) in [4.78, 5) is 3.18. The van der Waals surface area contributed by atoms with Crippen molar-refractivity contribution in [2.75, 3.05) is 13.7 Å². The molecule has 2 atom stereocenters. The highest BCUT2D eigenvalue weighted by atomic mass is 32.1. The number of nitrogens with zero attached hydrogens (tertiary/aromatic N) is 3. The Morgan fingerprint density at radius 1 is 1.29 bits per heavy atom. The molecule has 0 amide bonds. The largest absolute Gasteiger partial charge is 0.496 e. The van der Waals surface area contributed by atoms with E-state index < -0.39 is 0 Å². The summed E-state index contributed by atoms with van der Waals surface area (Å²) in [5.74, 6) is 2.50. The van der Waals surface area contributed by atoms with Crippen LogP contribution >= 0.6 is 23.6 Å². The van der Waals surface area contributed by atoms with Crippen LogP contribution in [0, 0.1) is 10.7 Å². The minimum absolute atomic E-state index is 0.591. The van der Waals surface area contributed by atoms with Crippen LogP contribution in [0.1, 0.15) is 29.3 Å². The zero-order chi connectivity index (χ0) is 19.3. The molecule has 3 heterocycles. The zero-order valence-corrected chi connectivity index (χ0v) is 17.9. The van der Waals surface area contributed by atoms with Crippen molar-refractivity contribution < 1.29 is 9.64 Å². The summed E-state index contributed by atoms with van der Waals surface area (Å²) in [6.45, 7) is 1.97. The summed E-state index contributed by atoms with van der Waals surface area (Å²) in [5, 5.41) is 7.18. The van der Waals surface area contributed by atoms with Gasteiger partial charge in [0.25, 0.3) is 0 Å². The number of benzene rings is 1. The number of fused-ring (bicyclic) bond motifs is 1. The van der Waals surface area contributed by atoms with Gasteiger partial charge in [0.1, 0.15) is 11.8 Å². The Kier molecular flexibility index (Phi) is 4.61. The van der Waals surface area contributed by atoms with E-state index in [1.807, 2.05) is 51.9 Å². The summed E-state index contributed by atoms with van der Waals surface area (Å²) < 4.78 is 10.3. The van der Waals surface area contributed by atoms with Crippen LogP contribution in [-0.4, -0.2) is 28.0 Å². The monoisotopic (exact) mass is 413 g/mol. The minimum atomic E-state index is 0.591. The van der Waals surface area contributed by atoms with Gasteiger partial charge in [0.05, 0.1) is 19.2 Å². The Hall–Kier alpha value is -1.96. The maximum Gasteiger partial charge on any atom is 0.202 e. The van der Waals surface area contributed by atoms with Crippen molar-refractivity contribution in [1.29, 1.82) is 0 Å². The smallest absolute Gasteiger partial charge is 0.202 e. The molecule has 0 bridgehead atoms. The molecule has 2 aliphatic rings. The van der Waals surface area contributed by atoms with Gasteiger partial charge in [-0.3, -0.25) is 0 Å². The van der Waals surface area contributed by atoms with Gasteiger partial charge in [-0.25, -0.2) is 0 Å². The lowest BCUT2D eigenvalue weighted by Gasteiger charge is -2.32. The molecule has 1 aliphatic heterocycles. The Labute approximate surface area is 174 Å². The van der Waals surface area contributed by atoms with Gasteiger partial charge in [-0.05, 0) is 48.6 Å². The number of thiophene rings is 1. The van der Waals surface area contributed by atoms with E-state index in [-0.39, 0.29) is 0 Å². The van der Waals surface area contributed by atoms with Crippen LogP contribution in [0.5, 0.6) is 5.75 Å². The maximum atomic E-state index is 5.75. The zero-order valence-electron chi connectivity index (χ0n) is 16.2. The third kappa shape index (κ3) is 3.02. The van der Waals surface area contributed by atoms with Gasteiger partial charge in [-0.2, -0.15) is 4.68 Å². The van der Waals surface area contributed by atoms with Crippen molar-refractivity contribution in [3.63, 3.8) is 0 Å². The SMILES string of the molecule is COc1ccccc1-c1nn(C[NH+]2CCc3sccc3[C@H]2C2CC2)c(=S)n1C. The topological polar surface area (TPSA) is 36.4 Å². The lowest BCUT2D eigenvalue weighted by Crippen LogP contribution is -3.13. The van der Waals surface area contributed by atoms with Crippen molar-refractivity contribution in [2.45, 2.75) is 32.0 Å². The van der Waals surface area contributed by atoms with E-state index >= 15 is 0 Å². The Morgan fingerprint density at radius 3 is 2.89 bits per heavy atom. The van der Waals surface area contributed by atoms with Gasteiger partial charge < -0.3 is 14.2 Å². The first-order chi connectivity index (χ1) is 13.7. The molecule has 1 unspecified atom stereocenters. The standard InChI is InChI=1S/C21H24N4OS2/c1-23-20(15-5-3-4-6-17(15)26-2)22-25(21(23)27)13-24-11-9-18-16(10-12-28-18)19(24)14-7-8-14/h3-6,10,12,14,19H,7-9,11,13H2,1-2H3/p+1/t19-/m1/s1. The molecule has 2 aromatic heterocycles. The summed E-state index contributed by atoms with van der Waals surface area (Å²) >= 11 is 7.67. The molecule has 5 rings (SSSR count). The van der Waals surface area contributed by atoms with Gasteiger partial charge in [0, 0.05) is 29.8 Å². The Morgan fingerprint density at radius 2 is 2.11 bits per heavy atom. The Balaban J connectivity index is 1.49. The van der Waals surface area contributed by atoms with Crippen LogP contribution in [0.25, 0.3) is 11.4 Å². The fraction of sp³-hybridized carbons (Fsp3) is 0.429. The fourth-order valence-corrected chi connectivity index (χ4v) is 5.64. The second kappa shape index (κ2) is 7.13. The number of ether oxygens (including phenoxy) is 1. The highest BCUT2D eigenvalue weighted by Gasteiger charge is 2.43. The highest BCUT2D eigenvalue weighted by Crippen LogP contribution is 2.42. The van der Waals surface area contributed by atoms with E-state index in [0.29, 0.717) is 6.04 Å². The molecule has 0 radical (unpaired) electrons. The minimum Gasteiger partial charge on any atom is -0.496 e. The lowest BCUT2D eigenvalue weighted by molar-refractivity contribution is -0.958. The van der Waals surface area contributed by atoms with Gasteiger partial charge in [-0.15, -0.1) is 16.4 Å². The number of nitrogens with one attached hydrogen (secondary N) is 1. The summed E-state index contributed by atoms with van der Waals surface area (Å²) in [6, 6.07) is 10.9. The Bertz CT molecular complexity index is 1060. The van der Waals surface area contributed by atoms with Gasteiger partial charge >= 0.3 is 0 Å². The predicted octanol–water partition coefficient (Wildman–Crippen LogP) is 3.24. The second-order valence-electron chi connectivity index (χ2n) is 7.80. The highest BCUT2D eigenvalue weighted by molar-refractivity contribution is 7.71. The van der Waals surface area contributed by atoms with Crippen LogP contribution in [0.2, 0.25) is 0 Å². The van der Waals surface area contributed by atoms with Crippen molar-refractivity contribution in [3.05, 3.63) is 50.9 Å². The number of hydrogen-bond donors (Lipinski definition) is 1. The third-order valence-electron chi connectivity index (χ3n) is 6.06. The number of aromatic nitrogens is 3. The van der Waals surface area contributed by atoms with E-state index in [9.17, 15) is 0 Å². The molecule has 146 valence electrons. The van der Waals surface area contributed by atoms with Crippen LogP contribution in [0.3, 0.4) is 0 Å². The fourth-order valence-electron chi connectivity index (χ4n) is 4.52. The van der Waals surface area contributed by atoms with Crippen LogP contribution in [0.15, 0.2) is 35.7 Å². The number of para-hydroxylation sites is 1. The number of hydrogen-bond acceptors (Lipinski definition) is 4. The van der Waals surface area contributed by atoms with Crippen LogP contribution < -0.4 is 9.64 Å². The first-order valence-electron chi connectivity index (χ1n) is 9.85. The molecule has 0 spiro atoms. The maximum absolute atomic E-state index is 5.75. The third-order valence-corrected chi connectivity index (χ3v) is 7.54. The normalized spacial score (nSPS) is 21.5. The van der Waals surface area contributed by atoms with E-state index in [2.05, 4.69) is 11.4 Å². The van der Waals surface area contributed by atoms with Crippen molar-refractivity contribution in [2.24, 2.45) is 13.0 Å². The molecule has 1 N–H and O–H groups in total.